The number of aliphatic hydroxyl groups is 1. The predicted molar refractivity (Wildman–Crippen MR) is 88.6 cm³/mol. The van der Waals surface area contributed by atoms with Crippen LogP contribution in [0.15, 0.2) is 24.3 Å². The lowest BCUT2D eigenvalue weighted by Gasteiger charge is -2.23. The second kappa shape index (κ2) is 5.96. The van der Waals surface area contributed by atoms with E-state index in [0.717, 1.165) is 11.4 Å². The molecule has 23 heavy (non-hydrogen) atoms. The van der Waals surface area contributed by atoms with Crippen LogP contribution in [0.2, 0.25) is 0 Å². The molecule has 1 saturated heterocycles. The van der Waals surface area contributed by atoms with Gasteiger partial charge in [-0.2, -0.15) is 0 Å². The minimum absolute atomic E-state index is 0.0999. The van der Waals surface area contributed by atoms with Gasteiger partial charge in [-0.05, 0) is 58.9 Å². The number of ether oxygens (including phenoxy) is 1. The van der Waals surface area contributed by atoms with Gasteiger partial charge in [0, 0.05) is 24.6 Å². The van der Waals surface area contributed by atoms with E-state index < -0.39 is 11.5 Å². The summed E-state index contributed by atoms with van der Waals surface area (Å²) in [6.45, 7) is 9.14. The van der Waals surface area contributed by atoms with Gasteiger partial charge in [0.05, 0.1) is 0 Å². The molecule has 1 fully saturated rings. The van der Waals surface area contributed by atoms with Crippen molar-refractivity contribution in [3.05, 3.63) is 24.3 Å². The van der Waals surface area contributed by atoms with Crippen molar-refractivity contribution in [2.45, 2.75) is 52.2 Å². The molecule has 0 bridgehead atoms. The van der Waals surface area contributed by atoms with E-state index in [9.17, 15) is 14.7 Å². The average Bonchev–Trinajstić information content (AvgIpc) is 2.78. The summed E-state index contributed by atoms with van der Waals surface area (Å²) < 4.78 is 5.76. The number of rotatable bonds is 4. The Labute approximate surface area is 137 Å². The van der Waals surface area contributed by atoms with Crippen LogP contribution in [-0.2, 0) is 9.59 Å². The molecule has 1 aromatic carbocycles. The SMILES string of the molecule is CC(C)(C)Oc1ccc(N2CC(C(=O)C(C)(C)O)CC2=O)cc1. The third-order valence-electron chi connectivity index (χ3n) is 3.67. The van der Waals surface area contributed by atoms with Crippen molar-refractivity contribution in [2.24, 2.45) is 5.92 Å². The van der Waals surface area contributed by atoms with Gasteiger partial charge < -0.3 is 14.7 Å². The molecule has 1 aliphatic heterocycles. The van der Waals surface area contributed by atoms with Gasteiger partial charge in [-0.25, -0.2) is 0 Å². The van der Waals surface area contributed by atoms with Crippen LogP contribution < -0.4 is 9.64 Å². The first kappa shape index (κ1) is 17.5. The van der Waals surface area contributed by atoms with E-state index in [0.29, 0.717) is 6.54 Å². The van der Waals surface area contributed by atoms with Crippen molar-refractivity contribution < 1.29 is 19.4 Å². The van der Waals surface area contributed by atoms with Gasteiger partial charge in [-0.1, -0.05) is 0 Å². The van der Waals surface area contributed by atoms with E-state index in [1.807, 2.05) is 45.0 Å². The highest BCUT2D eigenvalue weighted by molar-refractivity contribution is 6.02. The van der Waals surface area contributed by atoms with Crippen LogP contribution in [0.25, 0.3) is 0 Å². The predicted octanol–water partition coefficient (Wildman–Crippen LogP) is 2.56. The van der Waals surface area contributed by atoms with E-state index in [1.54, 1.807) is 4.90 Å². The number of Topliss-reactive ketones (excluding diaryl/α,β-unsaturated/α-hetero) is 1. The van der Waals surface area contributed by atoms with Crippen molar-refractivity contribution in [1.29, 1.82) is 0 Å². The van der Waals surface area contributed by atoms with E-state index >= 15 is 0 Å². The minimum atomic E-state index is -1.41. The first-order valence-electron chi connectivity index (χ1n) is 7.83. The summed E-state index contributed by atoms with van der Waals surface area (Å²) in [5.41, 5.74) is -0.956. The van der Waals surface area contributed by atoms with E-state index in [-0.39, 0.29) is 23.7 Å². The molecule has 5 nitrogen and oxygen atoms in total. The normalized spacial score (nSPS) is 19.1. The number of hydrogen-bond acceptors (Lipinski definition) is 4. The lowest BCUT2D eigenvalue weighted by Crippen LogP contribution is -2.38. The fourth-order valence-corrected chi connectivity index (χ4v) is 2.68. The van der Waals surface area contributed by atoms with Crippen LogP contribution in [-0.4, -0.2) is 34.5 Å². The lowest BCUT2D eigenvalue weighted by atomic mass is 9.91. The second-order valence-electron chi connectivity index (χ2n) is 7.54. The molecule has 5 heteroatoms. The van der Waals surface area contributed by atoms with Crippen molar-refractivity contribution in [2.75, 3.05) is 11.4 Å². The molecule has 1 N–H and O–H groups in total. The van der Waals surface area contributed by atoms with Crippen LogP contribution in [0.1, 0.15) is 41.0 Å². The summed E-state index contributed by atoms with van der Waals surface area (Å²) >= 11 is 0. The molecule has 1 atom stereocenters. The molecular formula is C18H25NO4. The maximum absolute atomic E-state index is 12.2. The Bertz CT molecular complexity index is 593. The number of carbonyl (C=O) groups excluding carboxylic acids is 2. The molecule has 126 valence electrons. The Hall–Kier alpha value is -1.88. The Balaban J connectivity index is 2.11. The van der Waals surface area contributed by atoms with Crippen molar-refractivity contribution in [1.82, 2.24) is 0 Å². The quantitative estimate of drug-likeness (QED) is 0.926. The summed E-state index contributed by atoms with van der Waals surface area (Å²) in [4.78, 5) is 25.9. The Kier molecular flexibility index (Phi) is 4.53. The van der Waals surface area contributed by atoms with Gasteiger partial charge in [-0.15, -0.1) is 0 Å². The van der Waals surface area contributed by atoms with E-state index in [2.05, 4.69) is 0 Å². The van der Waals surface area contributed by atoms with E-state index in [4.69, 9.17) is 4.74 Å². The lowest BCUT2D eigenvalue weighted by molar-refractivity contribution is -0.138. The minimum Gasteiger partial charge on any atom is -0.488 e. The molecule has 0 radical (unpaired) electrons. The van der Waals surface area contributed by atoms with Crippen LogP contribution in [0.3, 0.4) is 0 Å². The van der Waals surface area contributed by atoms with Gasteiger partial charge in [0.2, 0.25) is 5.91 Å². The molecule has 0 aromatic heterocycles. The van der Waals surface area contributed by atoms with Crippen LogP contribution >= 0.6 is 0 Å². The zero-order valence-electron chi connectivity index (χ0n) is 14.4. The summed E-state index contributed by atoms with van der Waals surface area (Å²) in [6, 6.07) is 7.27. The zero-order valence-corrected chi connectivity index (χ0v) is 14.4. The monoisotopic (exact) mass is 319 g/mol. The number of hydrogen-bond donors (Lipinski definition) is 1. The number of ketones is 1. The molecule has 1 heterocycles. The number of anilines is 1. The molecule has 1 unspecified atom stereocenters. The highest BCUT2D eigenvalue weighted by Crippen LogP contribution is 2.30. The molecule has 1 aliphatic rings. The Morgan fingerprint density at radius 1 is 1.17 bits per heavy atom. The summed E-state index contributed by atoms with van der Waals surface area (Å²) in [5.74, 6) is -0.122. The topological polar surface area (TPSA) is 66.8 Å². The first-order valence-corrected chi connectivity index (χ1v) is 7.83. The second-order valence-corrected chi connectivity index (χ2v) is 7.54. The third kappa shape index (κ3) is 4.32. The summed E-state index contributed by atoms with van der Waals surface area (Å²) in [6.07, 6.45) is 0.142. The number of amides is 1. The van der Waals surface area contributed by atoms with Crippen LogP contribution in [0, 0.1) is 5.92 Å². The fourth-order valence-electron chi connectivity index (χ4n) is 2.68. The molecule has 0 saturated carbocycles. The smallest absolute Gasteiger partial charge is 0.227 e. The largest absolute Gasteiger partial charge is 0.488 e. The molecule has 1 aromatic rings. The number of benzene rings is 1. The standard InChI is InChI=1S/C18H25NO4/c1-17(2,3)23-14-8-6-13(7-9-14)19-11-12(10-15(19)20)16(21)18(4,5)22/h6-9,12,22H,10-11H2,1-5H3. The van der Waals surface area contributed by atoms with Gasteiger partial charge in [0.25, 0.3) is 0 Å². The first-order chi connectivity index (χ1) is 10.5. The van der Waals surface area contributed by atoms with Gasteiger partial charge >= 0.3 is 0 Å². The maximum Gasteiger partial charge on any atom is 0.227 e. The fraction of sp³-hybridized carbons (Fsp3) is 0.556. The number of carbonyl (C=O) groups is 2. The molecular weight excluding hydrogens is 294 g/mol. The molecule has 0 aliphatic carbocycles. The van der Waals surface area contributed by atoms with Crippen molar-refractivity contribution in [3.63, 3.8) is 0 Å². The Morgan fingerprint density at radius 3 is 2.22 bits per heavy atom. The average molecular weight is 319 g/mol. The molecule has 0 spiro atoms. The van der Waals surface area contributed by atoms with Gasteiger partial charge in [0.1, 0.15) is 17.0 Å². The van der Waals surface area contributed by atoms with Gasteiger partial charge in [0.15, 0.2) is 5.78 Å². The van der Waals surface area contributed by atoms with Crippen LogP contribution in [0.4, 0.5) is 5.69 Å². The van der Waals surface area contributed by atoms with Crippen molar-refractivity contribution >= 4 is 17.4 Å². The Morgan fingerprint density at radius 2 is 1.74 bits per heavy atom. The number of nitrogens with zero attached hydrogens (tertiary/aromatic N) is 1. The highest BCUT2D eigenvalue weighted by atomic mass is 16.5. The van der Waals surface area contributed by atoms with Crippen molar-refractivity contribution in [3.8, 4) is 5.75 Å². The third-order valence-corrected chi connectivity index (χ3v) is 3.67. The van der Waals surface area contributed by atoms with E-state index in [1.165, 1.54) is 13.8 Å². The summed E-state index contributed by atoms with van der Waals surface area (Å²) in [5, 5.41) is 9.84. The highest BCUT2D eigenvalue weighted by Gasteiger charge is 2.40. The summed E-state index contributed by atoms with van der Waals surface area (Å²) in [7, 11) is 0. The maximum atomic E-state index is 12.2. The zero-order chi connectivity index (χ0) is 17.4. The van der Waals surface area contributed by atoms with Gasteiger partial charge in [-0.3, -0.25) is 9.59 Å². The molecule has 1 amide bonds. The van der Waals surface area contributed by atoms with Crippen LogP contribution in [0.5, 0.6) is 5.75 Å². The molecule has 2 rings (SSSR count).